The number of aliphatic carboxylic acids is 3. The second-order valence-electron chi connectivity index (χ2n) is 25.0. The third-order valence-electron chi connectivity index (χ3n) is 17.3. The number of ether oxygens (including phenoxy) is 1. The zero-order chi connectivity index (χ0) is 68.0. The summed E-state index contributed by atoms with van der Waals surface area (Å²) in [6.45, 7) is 5.29. The Hall–Kier alpha value is -7.90. The summed E-state index contributed by atoms with van der Waals surface area (Å²) < 4.78 is 33.9. The lowest BCUT2D eigenvalue weighted by molar-refractivity contribution is -0.140. The van der Waals surface area contributed by atoms with Crippen molar-refractivity contribution in [3.63, 3.8) is 0 Å². The number of aliphatic hydroxyl groups is 1. The van der Waals surface area contributed by atoms with Crippen molar-refractivity contribution in [1.82, 2.24) is 55.7 Å². The molecular weight excluding hydrogens is 1220 g/mol. The zero-order valence-corrected chi connectivity index (χ0v) is 54.4. The Morgan fingerprint density at radius 2 is 1.36 bits per heavy atom. The van der Waals surface area contributed by atoms with Crippen LogP contribution in [0.1, 0.15) is 125 Å². The van der Waals surface area contributed by atoms with Crippen molar-refractivity contribution in [3.8, 4) is 11.8 Å². The fourth-order valence-electron chi connectivity index (χ4n) is 12.0. The first-order chi connectivity index (χ1) is 45.0. The fourth-order valence-corrected chi connectivity index (χ4v) is 12.0. The number of carbonyl (C=O) groups excluding carboxylic acids is 5. The van der Waals surface area contributed by atoms with E-state index in [2.05, 4.69) is 50.5 Å². The van der Waals surface area contributed by atoms with Gasteiger partial charge in [0.15, 0.2) is 0 Å². The Balaban J connectivity index is 0.932. The van der Waals surface area contributed by atoms with Crippen LogP contribution in [0.3, 0.4) is 0 Å². The number of amides is 5. The first kappa shape index (κ1) is 75.1. The molecule has 8 N–H and O–H groups in total. The Kier molecular flexibility index (Phi) is 31.2. The predicted molar refractivity (Wildman–Crippen MR) is 346 cm³/mol. The monoisotopic (exact) mass is 1310 g/mol. The molecule has 94 heavy (non-hydrogen) atoms. The summed E-state index contributed by atoms with van der Waals surface area (Å²) in [7, 11) is 0. The summed E-state index contributed by atoms with van der Waals surface area (Å²) in [6, 6.07) is 14.6. The van der Waals surface area contributed by atoms with Crippen molar-refractivity contribution >= 4 is 58.3 Å². The number of hydrogen-bond donors (Lipinski definition) is 8. The van der Waals surface area contributed by atoms with E-state index in [4.69, 9.17) is 4.74 Å². The second-order valence-corrected chi connectivity index (χ2v) is 25.0. The highest BCUT2D eigenvalue weighted by Crippen LogP contribution is 2.32. The number of nitriles is 1. The van der Waals surface area contributed by atoms with Crippen LogP contribution in [0.2, 0.25) is 0 Å². The number of carbonyl (C=O) groups is 8. The molecule has 3 aromatic rings. The number of alkyl halides is 2. The van der Waals surface area contributed by atoms with E-state index >= 15 is 0 Å². The van der Waals surface area contributed by atoms with Gasteiger partial charge < -0.3 is 56.2 Å². The van der Waals surface area contributed by atoms with Crippen molar-refractivity contribution in [2.75, 3.05) is 118 Å². The van der Waals surface area contributed by atoms with Crippen molar-refractivity contribution in [2.45, 2.75) is 141 Å². The number of aromatic nitrogens is 1. The van der Waals surface area contributed by atoms with Crippen molar-refractivity contribution in [3.05, 3.63) is 83.2 Å². The predicted octanol–water partition coefficient (Wildman–Crippen LogP) is 4.46. The molecule has 6 rings (SSSR count). The van der Waals surface area contributed by atoms with E-state index in [0.717, 1.165) is 49.1 Å². The van der Waals surface area contributed by atoms with Crippen LogP contribution < -0.4 is 26.0 Å². The zero-order valence-electron chi connectivity index (χ0n) is 54.4. The number of benzene rings is 2. The van der Waals surface area contributed by atoms with E-state index in [9.17, 15) is 72.8 Å². The van der Waals surface area contributed by atoms with Crippen molar-refractivity contribution in [1.29, 1.82) is 5.26 Å². The first-order valence-electron chi connectivity index (χ1n) is 33.0. The molecule has 0 bridgehead atoms. The van der Waals surface area contributed by atoms with Crippen LogP contribution in [0.5, 0.6) is 5.75 Å². The number of piperidine rings is 1. The average molecular weight is 1320 g/mol. The van der Waals surface area contributed by atoms with Gasteiger partial charge in [-0.2, -0.15) is 5.26 Å². The van der Waals surface area contributed by atoms with Gasteiger partial charge >= 0.3 is 17.9 Å². The molecule has 0 aliphatic carbocycles. The van der Waals surface area contributed by atoms with Crippen LogP contribution in [0.25, 0.3) is 10.9 Å². The van der Waals surface area contributed by atoms with E-state index in [-0.39, 0.29) is 95.9 Å². The molecule has 516 valence electrons. The van der Waals surface area contributed by atoms with Gasteiger partial charge in [0.1, 0.15) is 24.1 Å². The highest BCUT2D eigenvalue weighted by atomic mass is 19.3. The summed E-state index contributed by atoms with van der Waals surface area (Å²) in [5, 5.41) is 60.9. The maximum Gasteiger partial charge on any atom is 0.317 e. The van der Waals surface area contributed by atoms with Crippen LogP contribution in [0.15, 0.2) is 66.5 Å². The lowest BCUT2D eigenvalue weighted by Gasteiger charge is -2.33. The molecular formula is C67H96F2N12O13. The Morgan fingerprint density at radius 1 is 0.734 bits per heavy atom. The van der Waals surface area contributed by atoms with Gasteiger partial charge in [0.25, 0.3) is 11.8 Å². The molecule has 27 heteroatoms. The minimum absolute atomic E-state index is 0.0811. The van der Waals surface area contributed by atoms with Gasteiger partial charge in [-0.25, -0.2) is 8.78 Å². The van der Waals surface area contributed by atoms with E-state index in [1.807, 2.05) is 24.8 Å². The van der Waals surface area contributed by atoms with E-state index in [0.29, 0.717) is 107 Å². The number of carboxylic acid groups (broad SMARTS) is 3. The molecule has 2 unspecified atom stereocenters. The molecule has 0 spiro atoms. The number of likely N-dealkylation sites (tertiary alicyclic amines) is 2. The van der Waals surface area contributed by atoms with E-state index in [1.54, 1.807) is 43.9 Å². The van der Waals surface area contributed by atoms with Gasteiger partial charge in [0.2, 0.25) is 23.6 Å². The molecule has 2 aromatic carbocycles. The van der Waals surface area contributed by atoms with Crippen LogP contribution >= 0.6 is 0 Å². The number of aliphatic hydroxyl groups excluding tert-OH is 1. The first-order valence-corrected chi connectivity index (χ1v) is 33.0. The van der Waals surface area contributed by atoms with Crippen LogP contribution in [0, 0.1) is 24.2 Å². The number of halogens is 2. The largest absolute Gasteiger partial charge is 0.494 e. The molecule has 25 nitrogen and oxygen atoms in total. The molecule has 4 heterocycles. The lowest BCUT2D eigenvalue weighted by atomic mass is 9.92. The van der Waals surface area contributed by atoms with Gasteiger partial charge in [-0.3, -0.25) is 62.9 Å². The number of rotatable bonds is 35. The van der Waals surface area contributed by atoms with Crippen LogP contribution in [-0.2, 0) is 40.0 Å². The number of nitrogens with zero attached hydrogens (tertiary/aromatic N) is 8. The topological polar surface area (TPSA) is 331 Å². The molecule has 3 aliphatic rings. The molecule has 0 radical (unpaired) electrons. The highest BCUT2D eigenvalue weighted by Gasteiger charge is 2.47. The molecule has 0 saturated carbocycles. The third-order valence-corrected chi connectivity index (χ3v) is 17.3. The van der Waals surface area contributed by atoms with Crippen molar-refractivity contribution in [2.24, 2.45) is 5.92 Å². The maximum atomic E-state index is 14.0. The Morgan fingerprint density at radius 3 is 1.98 bits per heavy atom. The average Bonchev–Trinajstić information content (AvgIpc) is 1.02. The van der Waals surface area contributed by atoms with E-state index < -0.39 is 79.4 Å². The number of pyridine rings is 1. The number of hydrogen-bond acceptors (Lipinski definition) is 17. The number of carboxylic acids is 3. The molecule has 3 fully saturated rings. The molecule has 3 atom stereocenters. The van der Waals surface area contributed by atoms with Crippen LogP contribution in [0.4, 0.5) is 8.78 Å². The number of fused-ring (bicyclic) bond motifs is 1. The Bertz CT molecular complexity index is 3020. The van der Waals surface area contributed by atoms with Gasteiger partial charge in [0, 0.05) is 102 Å². The minimum atomic E-state index is -3.18. The maximum absolute atomic E-state index is 14.0. The standard InChI is InChI=1S/C67H96F2N12O13/c1-48-17-19-50(20-18-48)12-9-15-58(82)74-49(2)11-5-3-6-14-57(75-59(83)43-76-30-32-77(44-62(86)87)34-36-79(46-64(90)91)37-35-78(33-31-76)45-63(88)89)66(93)72-26-8-4-7-16-60(84)80-28-24-51(25-29-80)13-10-38-94-53-21-22-56-55(39-53)54(23-27-71-56)65(92)73-42-61(85)81-47-67(68,69)40-52(81)41-70/h11,17-23,27,39,51-52,57-58,74,82H,3-10,12-16,24-26,28-38,40,42-47H2,1-2H3,(H,72,93)(H,73,92)(H,75,83)(H,86,87)(H,88,89)(H,90,91)/b49-11+/t52-,57?,58?/m1/s1. The normalized spacial score (nSPS) is 18.0. The van der Waals surface area contributed by atoms with Gasteiger partial charge in [-0.1, -0.05) is 48.7 Å². The Labute approximate surface area is 549 Å². The van der Waals surface area contributed by atoms with Gasteiger partial charge in [-0.15, -0.1) is 0 Å². The minimum Gasteiger partial charge on any atom is -0.494 e. The summed E-state index contributed by atoms with van der Waals surface area (Å²) in [5.41, 5.74) is 3.98. The number of aryl methyl sites for hydroxylation is 2. The second kappa shape index (κ2) is 39.1. The number of unbranched alkanes of at least 4 members (excludes halogenated alkanes) is 4. The summed E-state index contributed by atoms with van der Waals surface area (Å²) >= 11 is 0. The quantitative estimate of drug-likeness (QED) is 0.0298. The van der Waals surface area contributed by atoms with Crippen molar-refractivity contribution < 1.29 is 72.3 Å². The fraction of sp³-hybridized carbons (Fsp3) is 0.612. The van der Waals surface area contributed by atoms with Crippen LogP contribution in [-0.4, -0.2) is 244 Å². The smallest absolute Gasteiger partial charge is 0.317 e. The SMILES string of the molecule is C/C(=C\CCCCC(NC(=O)CN1CCN(CC(=O)O)CCN(CC(=O)O)CCN(CC(=O)O)CC1)C(=O)NCCCCCC(=O)N1CCC(CCCOc2ccc3nccc(C(=O)NCC(=O)N4CC(F)(F)C[C@@H]4C#N)c3c2)CC1)NC(O)CCCc1ccc(C)cc1. The number of nitrogens with one attached hydrogen (secondary N) is 4. The number of allylic oxidation sites excluding steroid dienone is 2. The van der Waals surface area contributed by atoms with Gasteiger partial charge in [0.05, 0.1) is 63.0 Å². The molecule has 1 aromatic heterocycles. The molecule has 3 saturated heterocycles. The van der Waals surface area contributed by atoms with E-state index in [1.165, 1.54) is 23.4 Å². The lowest BCUT2D eigenvalue weighted by Crippen LogP contribution is -2.52. The summed E-state index contributed by atoms with van der Waals surface area (Å²) in [6.07, 6.45) is 12.2. The molecule has 3 aliphatic heterocycles. The third kappa shape index (κ3) is 27.2. The summed E-state index contributed by atoms with van der Waals surface area (Å²) in [5.74, 6) is -7.55. The van der Waals surface area contributed by atoms with Gasteiger partial charge in [-0.05, 0) is 127 Å². The summed E-state index contributed by atoms with van der Waals surface area (Å²) in [4.78, 5) is 116. The highest BCUT2D eigenvalue weighted by molar-refractivity contribution is 6.07. The molecule has 5 amide bonds.